The van der Waals surface area contributed by atoms with Crippen molar-refractivity contribution in [2.24, 2.45) is 0 Å². The number of carbonyl (C=O) groups is 1. The Morgan fingerprint density at radius 2 is 1.79 bits per heavy atom. The average Bonchev–Trinajstić information content (AvgIpc) is 3.52. The van der Waals surface area contributed by atoms with Crippen LogP contribution in [-0.4, -0.2) is 33.5 Å². The van der Waals surface area contributed by atoms with Crippen LogP contribution in [0.1, 0.15) is 9.67 Å². The van der Waals surface area contributed by atoms with Crippen LogP contribution in [0.3, 0.4) is 0 Å². The van der Waals surface area contributed by atoms with Gasteiger partial charge >= 0.3 is 0 Å². The molecule has 0 unspecified atom stereocenters. The highest BCUT2D eigenvalue weighted by Crippen LogP contribution is 2.37. The van der Waals surface area contributed by atoms with Crippen LogP contribution in [-0.2, 0) is 0 Å². The first kappa shape index (κ1) is 19.5. The number of nitrogens with one attached hydrogen (secondary N) is 1. The molecule has 4 heterocycles. The van der Waals surface area contributed by atoms with Gasteiger partial charge in [0.05, 0.1) is 10.6 Å². The fraction of sp³-hybridized carbons (Fsp3) is 0.0800. The monoisotopic (exact) mass is 454 g/mol. The minimum atomic E-state index is -0.145. The van der Waals surface area contributed by atoms with Gasteiger partial charge in [-0.1, -0.05) is 12.1 Å². The van der Waals surface area contributed by atoms with E-state index in [4.69, 9.17) is 9.47 Å². The summed E-state index contributed by atoms with van der Waals surface area (Å²) in [5.74, 6) is 1.99. The number of anilines is 1. The lowest BCUT2D eigenvalue weighted by atomic mass is 10.1. The van der Waals surface area contributed by atoms with Gasteiger partial charge in [0.2, 0.25) is 5.78 Å². The third kappa shape index (κ3) is 3.81. The number of benzene rings is 2. The van der Waals surface area contributed by atoms with Crippen LogP contribution in [0, 0.1) is 0 Å². The molecule has 0 spiro atoms. The predicted octanol–water partition coefficient (Wildman–Crippen LogP) is 5.15. The molecule has 0 atom stereocenters. The molecule has 3 aromatic heterocycles. The second-order valence-electron chi connectivity index (χ2n) is 7.51. The molecule has 1 aliphatic rings. The van der Waals surface area contributed by atoms with Gasteiger partial charge in [0.25, 0.3) is 5.91 Å². The van der Waals surface area contributed by atoms with Gasteiger partial charge in [0.1, 0.15) is 13.2 Å². The van der Waals surface area contributed by atoms with Gasteiger partial charge in [-0.3, -0.25) is 9.20 Å². The maximum atomic E-state index is 12.8. The molecule has 0 saturated heterocycles. The smallest absolute Gasteiger partial charge is 0.265 e. The Bertz CT molecular complexity index is 1440. The van der Waals surface area contributed by atoms with Gasteiger partial charge in [-0.05, 0) is 54.1 Å². The number of hydrogen-bond acceptors (Lipinski definition) is 6. The maximum absolute atomic E-state index is 12.8. The average molecular weight is 455 g/mol. The van der Waals surface area contributed by atoms with Crippen LogP contribution in [0.2, 0.25) is 0 Å². The van der Waals surface area contributed by atoms with Crippen molar-refractivity contribution in [2.75, 3.05) is 18.5 Å². The number of thiophene rings is 1. The van der Waals surface area contributed by atoms with Crippen molar-refractivity contribution in [3.8, 4) is 33.2 Å². The van der Waals surface area contributed by atoms with Crippen LogP contribution in [0.4, 0.5) is 5.69 Å². The number of amides is 1. The van der Waals surface area contributed by atoms with Gasteiger partial charge in [-0.15, -0.1) is 11.3 Å². The summed E-state index contributed by atoms with van der Waals surface area (Å²) in [6, 6.07) is 19.1. The number of hydrogen-bond donors (Lipinski definition) is 1. The lowest BCUT2D eigenvalue weighted by Gasteiger charge is -2.18. The minimum absolute atomic E-state index is 0.145. The first-order chi connectivity index (χ1) is 16.2. The number of carbonyl (C=O) groups excluding carboxylic acids is 1. The number of aromatic nitrogens is 3. The lowest BCUT2D eigenvalue weighted by Crippen LogP contribution is -2.15. The molecule has 0 bridgehead atoms. The van der Waals surface area contributed by atoms with Crippen molar-refractivity contribution in [1.82, 2.24) is 14.4 Å². The molecule has 0 saturated carbocycles. The van der Waals surface area contributed by atoms with E-state index in [0.717, 1.165) is 38.9 Å². The van der Waals surface area contributed by atoms with Crippen molar-refractivity contribution < 1.29 is 14.3 Å². The molecule has 0 radical (unpaired) electrons. The summed E-state index contributed by atoms with van der Waals surface area (Å²) < 4.78 is 13.1. The molecule has 6 rings (SSSR count). The topological polar surface area (TPSA) is 77.8 Å². The highest BCUT2D eigenvalue weighted by molar-refractivity contribution is 7.17. The summed E-state index contributed by atoms with van der Waals surface area (Å²) in [6.07, 6.45) is 5.56. The molecule has 2 aromatic carbocycles. The van der Waals surface area contributed by atoms with Crippen LogP contribution < -0.4 is 14.8 Å². The quantitative estimate of drug-likeness (QED) is 0.406. The van der Waals surface area contributed by atoms with Gasteiger partial charge in [-0.2, -0.15) is 0 Å². The first-order valence-electron chi connectivity index (χ1n) is 10.4. The Balaban J connectivity index is 1.17. The first-order valence-corrected chi connectivity index (χ1v) is 11.3. The Hall–Kier alpha value is -4.17. The summed E-state index contributed by atoms with van der Waals surface area (Å²) in [6.45, 7) is 1.11. The maximum Gasteiger partial charge on any atom is 0.265 e. The SMILES string of the molecule is O=C(Nc1ccc(-c2cn3cccnc3n2)cc1)c1ccc(-c2ccc3c(c2)OCCO3)s1. The Morgan fingerprint density at radius 1 is 0.970 bits per heavy atom. The third-order valence-corrected chi connectivity index (χ3v) is 6.46. The van der Waals surface area contributed by atoms with E-state index in [1.54, 1.807) is 6.20 Å². The molecular weight excluding hydrogens is 436 g/mol. The minimum Gasteiger partial charge on any atom is -0.486 e. The fourth-order valence-corrected chi connectivity index (χ4v) is 4.60. The van der Waals surface area contributed by atoms with Crippen molar-refractivity contribution in [3.05, 3.63) is 84.1 Å². The molecule has 1 aliphatic heterocycles. The van der Waals surface area contributed by atoms with Crippen molar-refractivity contribution in [1.29, 1.82) is 0 Å². The van der Waals surface area contributed by atoms with Crippen LogP contribution >= 0.6 is 11.3 Å². The summed E-state index contributed by atoms with van der Waals surface area (Å²) >= 11 is 1.44. The molecule has 7 nitrogen and oxygen atoms in total. The van der Waals surface area contributed by atoms with Crippen molar-refractivity contribution in [3.63, 3.8) is 0 Å². The highest BCUT2D eigenvalue weighted by Gasteiger charge is 2.15. The molecule has 0 fully saturated rings. The van der Waals surface area contributed by atoms with E-state index >= 15 is 0 Å². The van der Waals surface area contributed by atoms with E-state index in [0.29, 0.717) is 23.9 Å². The number of fused-ring (bicyclic) bond motifs is 2. The Kier molecular flexibility index (Phi) is 4.77. The van der Waals surface area contributed by atoms with E-state index in [1.165, 1.54) is 11.3 Å². The second-order valence-corrected chi connectivity index (χ2v) is 8.59. The number of rotatable bonds is 4. The highest BCUT2D eigenvalue weighted by atomic mass is 32.1. The molecule has 1 N–H and O–H groups in total. The van der Waals surface area contributed by atoms with E-state index in [2.05, 4.69) is 15.3 Å². The predicted molar refractivity (Wildman–Crippen MR) is 127 cm³/mol. The van der Waals surface area contributed by atoms with Crippen LogP contribution in [0.25, 0.3) is 27.5 Å². The zero-order valence-corrected chi connectivity index (χ0v) is 18.2. The summed E-state index contributed by atoms with van der Waals surface area (Å²) in [7, 11) is 0. The summed E-state index contributed by atoms with van der Waals surface area (Å²) in [5.41, 5.74) is 3.50. The van der Waals surface area contributed by atoms with E-state index < -0.39 is 0 Å². The van der Waals surface area contributed by atoms with Crippen LogP contribution in [0.5, 0.6) is 11.5 Å². The van der Waals surface area contributed by atoms with E-state index in [1.807, 2.05) is 77.5 Å². The van der Waals surface area contributed by atoms with E-state index in [-0.39, 0.29) is 5.91 Å². The molecular formula is C25H18N4O3S. The molecule has 1 amide bonds. The summed E-state index contributed by atoms with van der Waals surface area (Å²) in [4.78, 5) is 23.2. The molecule has 5 aromatic rings. The lowest BCUT2D eigenvalue weighted by molar-refractivity contribution is 0.103. The van der Waals surface area contributed by atoms with Crippen molar-refractivity contribution in [2.45, 2.75) is 0 Å². The van der Waals surface area contributed by atoms with Crippen LogP contribution in [0.15, 0.2) is 79.3 Å². The zero-order valence-electron chi connectivity index (χ0n) is 17.4. The van der Waals surface area contributed by atoms with Gasteiger partial charge in [0.15, 0.2) is 11.5 Å². The second kappa shape index (κ2) is 8.07. The number of ether oxygens (including phenoxy) is 2. The standard InChI is InChI=1S/C25H18N4O3S/c30-24(23-9-8-22(33-23)17-4-7-20-21(14-17)32-13-12-31-20)27-18-5-2-16(3-6-18)19-15-29-11-1-10-26-25(29)28-19/h1-11,14-15H,12-13H2,(H,27,30). The van der Waals surface area contributed by atoms with Gasteiger partial charge in [-0.25, -0.2) is 9.97 Å². The summed E-state index contributed by atoms with van der Waals surface area (Å²) in [5, 5.41) is 2.97. The Morgan fingerprint density at radius 3 is 2.64 bits per heavy atom. The number of nitrogens with zero attached hydrogens (tertiary/aromatic N) is 3. The molecule has 0 aliphatic carbocycles. The largest absolute Gasteiger partial charge is 0.486 e. The fourth-order valence-electron chi connectivity index (χ4n) is 3.70. The van der Waals surface area contributed by atoms with Crippen molar-refractivity contribution >= 4 is 28.7 Å². The normalized spacial score (nSPS) is 12.6. The molecule has 162 valence electrons. The Labute approximate surface area is 193 Å². The third-order valence-electron chi connectivity index (χ3n) is 5.33. The van der Waals surface area contributed by atoms with Gasteiger partial charge in [0, 0.05) is 34.7 Å². The van der Waals surface area contributed by atoms with Gasteiger partial charge < -0.3 is 14.8 Å². The molecule has 33 heavy (non-hydrogen) atoms. The number of imidazole rings is 1. The van der Waals surface area contributed by atoms with E-state index in [9.17, 15) is 4.79 Å². The zero-order chi connectivity index (χ0) is 22.2. The molecule has 8 heteroatoms.